The van der Waals surface area contributed by atoms with E-state index in [0.717, 1.165) is 22.6 Å². The predicted molar refractivity (Wildman–Crippen MR) is 75.8 cm³/mol. The molecule has 2 rings (SSSR count). The first-order chi connectivity index (χ1) is 9.10. The van der Waals surface area contributed by atoms with Gasteiger partial charge in [0.25, 0.3) is 0 Å². The Morgan fingerprint density at radius 2 is 2.11 bits per heavy atom. The normalized spacial score (nSPS) is 12.2. The van der Waals surface area contributed by atoms with Crippen molar-refractivity contribution in [2.45, 2.75) is 26.4 Å². The summed E-state index contributed by atoms with van der Waals surface area (Å²) < 4.78 is 5.66. The number of aryl methyl sites for hydroxylation is 1. The Morgan fingerprint density at radius 3 is 2.68 bits per heavy atom. The molecule has 1 aromatic carbocycles. The second kappa shape index (κ2) is 6.04. The van der Waals surface area contributed by atoms with Crippen LogP contribution in [0.15, 0.2) is 36.5 Å². The lowest BCUT2D eigenvalue weighted by Gasteiger charge is -2.09. The average Bonchev–Trinajstić information content (AvgIpc) is 2.41. The Kier molecular flexibility index (Phi) is 4.40. The number of aliphatic hydroxyl groups excluding tert-OH is 1. The van der Waals surface area contributed by atoms with Gasteiger partial charge in [-0.15, -0.1) is 0 Å². The number of ether oxygens (including phenoxy) is 1. The van der Waals surface area contributed by atoms with Crippen LogP contribution < -0.4 is 4.74 Å². The molecule has 0 spiro atoms. The molecule has 100 valence electrons. The first-order valence-electron chi connectivity index (χ1n) is 6.20. The summed E-state index contributed by atoms with van der Waals surface area (Å²) in [6.07, 6.45) is 1.94. The summed E-state index contributed by atoms with van der Waals surface area (Å²) >= 11 is 6.06. The number of hydrogen-bond acceptors (Lipinski definition) is 3. The van der Waals surface area contributed by atoms with Crippen molar-refractivity contribution in [3.05, 3.63) is 52.7 Å². The molecule has 4 heteroatoms. The Labute approximate surface area is 117 Å². The van der Waals surface area contributed by atoms with Crippen LogP contribution in [0.2, 0.25) is 5.02 Å². The van der Waals surface area contributed by atoms with E-state index in [2.05, 4.69) is 4.98 Å². The van der Waals surface area contributed by atoms with E-state index in [0.29, 0.717) is 11.6 Å². The zero-order valence-electron chi connectivity index (χ0n) is 10.9. The predicted octanol–water partition coefficient (Wildman–Crippen LogP) is 4.14. The van der Waals surface area contributed by atoms with Gasteiger partial charge in [0.1, 0.15) is 5.75 Å². The van der Waals surface area contributed by atoms with Crippen molar-refractivity contribution in [1.29, 1.82) is 0 Å². The van der Waals surface area contributed by atoms with E-state index in [-0.39, 0.29) is 0 Å². The van der Waals surface area contributed by atoms with Gasteiger partial charge in [-0.05, 0) is 48.7 Å². The number of halogens is 1. The number of nitrogens with zero attached hydrogens (tertiary/aromatic N) is 1. The second-order valence-electron chi connectivity index (χ2n) is 4.31. The molecule has 0 aliphatic rings. The first-order valence-corrected chi connectivity index (χ1v) is 6.58. The van der Waals surface area contributed by atoms with Crippen molar-refractivity contribution in [3.63, 3.8) is 0 Å². The monoisotopic (exact) mass is 277 g/mol. The van der Waals surface area contributed by atoms with Crippen LogP contribution in [0, 0.1) is 0 Å². The Balaban J connectivity index is 2.16. The van der Waals surface area contributed by atoms with Crippen LogP contribution >= 0.6 is 11.6 Å². The number of benzene rings is 1. The van der Waals surface area contributed by atoms with Gasteiger partial charge >= 0.3 is 0 Å². The number of aromatic nitrogens is 1. The Bertz CT molecular complexity index is 553. The molecular formula is C15H16ClNO2. The molecule has 0 radical (unpaired) electrons. The second-order valence-corrected chi connectivity index (χ2v) is 4.72. The van der Waals surface area contributed by atoms with Gasteiger partial charge in [0.2, 0.25) is 5.88 Å². The van der Waals surface area contributed by atoms with Gasteiger partial charge in [0.05, 0.1) is 6.10 Å². The van der Waals surface area contributed by atoms with Crippen LogP contribution in [0.3, 0.4) is 0 Å². The highest BCUT2D eigenvalue weighted by molar-refractivity contribution is 6.31. The van der Waals surface area contributed by atoms with Gasteiger partial charge in [-0.25, -0.2) is 4.98 Å². The van der Waals surface area contributed by atoms with Crippen molar-refractivity contribution in [3.8, 4) is 11.6 Å². The van der Waals surface area contributed by atoms with E-state index >= 15 is 0 Å². The van der Waals surface area contributed by atoms with Crippen molar-refractivity contribution < 1.29 is 9.84 Å². The SMILES string of the molecule is CCc1cc(Oc2ccc(C(C)O)cn2)ccc1Cl. The third kappa shape index (κ3) is 3.46. The summed E-state index contributed by atoms with van der Waals surface area (Å²) in [7, 11) is 0. The van der Waals surface area contributed by atoms with Gasteiger partial charge in [-0.1, -0.05) is 18.5 Å². The molecule has 1 heterocycles. The van der Waals surface area contributed by atoms with E-state index in [9.17, 15) is 5.11 Å². The summed E-state index contributed by atoms with van der Waals surface area (Å²) in [4.78, 5) is 4.16. The minimum atomic E-state index is -0.524. The number of aliphatic hydroxyl groups is 1. The lowest BCUT2D eigenvalue weighted by molar-refractivity contribution is 0.198. The quantitative estimate of drug-likeness (QED) is 0.913. The van der Waals surface area contributed by atoms with Crippen molar-refractivity contribution in [2.75, 3.05) is 0 Å². The molecule has 1 atom stereocenters. The summed E-state index contributed by atoms with van der Waals surface area (Å²) in [5.41, 5.74) is 1.80. The maximum absolute atomic E-state index is 9.41. The van der Waals surface area contributed by atoms with Crippen LogP contribution in [0.5, 0.6) is 11.6 Å². The van der Waals surface area contributed by atoms with Crippen LogP contribution in [0.4, 0.5) is 0 Å². The molecule has 0 saturated carbocycles. The van der Waals surface area contributed by atoms with Crippen LogP contribution in [-0.4, -0.2) is 10.1 Å². The molecule has 2 aromatic rings. The molecule has 0 saturated heterocycles. The van der Waals surface area contributed by atoms with E-state index in [1.807, 2.05) is 25.1 Å². The summed E-state index contributed by atoms with van der Waals surface area (Å²) in [6.45, 7) is 3.74. The average molecular weight is 278 g/mol. The largest absolute Gasteiger partial charge is 0.439 e. The molecular weight excluding hydrogens is 262 g/mol. The number of hydrogen-bond donors (Lipinski definition) is 1. The number of pyridine rings is 1. The van der Waals surface area contributed by atoms with Gasteiger partial charge in [-0.2, -0.15) is 0 Å². The summed E-state index contributed by atoms with van der Waals surface area (Å²) in [5, 5.41) is 10.2. The van der Waals surface area contributed by atoms with E-state index in [4.69, 9.17) is 16.3 Å². The Morgan fingerprint density at radius 1 is 1.32 bits per heavy atom. The fraction of sp³-hybridized carbons (Fsp3) is 0.267. The van der Waals surface area contributed by atoms with Gasteiger partial charge < -0.3 is 9.84 Å². The molecule has 0 amide bonds. The molecule has 1 aromatic heterocycles. The minimum absolute atomic E-state index is 0.494. The Hall–Kier alpha value is -1.58. The molecule has 1 N–H and O–H groups in total. The molecule has 3 nitrogen and oxygen atoms in total. The van der Waals surface area contributed by atoms with Crippen molar-refractivity contribution in [2.24, 2.45) is 0 Å². The topological polar surface area (TPSA) is 42.4 Å². The van der Waals surface area contributed by atoms with Gasteiger partial charge in [0, 0.05) is 17.3 Å². The molecule has 0 fully saturated rings. The maximum atomic E-state index is 9.41. The molecule has 0 bridgehead atoms. The smallest absolute Gasteiger partial charge is 0.219 e. The zero-order valence-corrected chi connectivity index (χ0v) is 11.7. The van der Waals surface area contributed by atoms with Gasteiger partial charge in [-0.3, -0.25) is 0 Å². The number of rotatable bonds is 4. The van der Waals surface area contributed by atoms with Crippen LogP contribution in [0.25, 0.3) is 0 Å². The fourth-order valence-corrected chi connectivity index (χ4v) is 1.96. The molecule has 0 aliphatic carbocycles. The fourth-order valence-electron chi connectivity index (χ4n) is 1.71. The molecule has 19 heavy (non-hydrogen) atoms. The van der Waals surface area contributed by atoms with E-state index in [1.54, 1.807) is 25.3 Å². The maximum Gasteiger partial charge on any atom is 0.219 e. The van der Waals surface area contributed by atoms with E-state index < -0.39 is 6.10 Å². The lowest BCUT2D eigenvalue weighted by Crippen LogP contribution is -1.94. The molecule has 0 aliphatic heterocycles. The standard InChI is InChI=1S/C15H16ClNO2/c1-3-11-8-13(5-6-14(11)16)19-15-7-4-12(9-17-15)10(2)18/h4-10,18H,3H2,1-2H3. The van der Waals surface area contributed by atoms with Crippen molar-refractivity contribution in [1.82, 2.24) is 4.98 Å². The van der Waals surface area contributed by atoms with Gasteiger partial charge in [0.15, 0.2) is 0 Å². The highest BCUT2D eigenvalue weighted by atomic mass is 35.5. The molecule has 1 unspecified atom stereocenters. The highest BCUT2D eigenvalue weighted by Gasteiger charge is 2.05. The van der Waals surface area contributed by atoms with Crippen LogP contribution in [0.1, 0.15) is 31.1 Å². The third-order valence-corrected chi connectivity index (χ3v) is 3.23. The van der Waals surface area contributed by atoms with Crippen LogP contribution in [-0.2, 0) is 6.42 Å². The summed E-state index contributed by atoms with van der Waals surface area (Å²) in [5.74, 6) is 1.20. The first kappa shape index (κ1) is 13.8. The zero-order chi connectivity index (χ0) is 13.8. The minimum Gasteiger partial charge on any atom is -0.439 e. The van der Waals surface area contributed by atoms with E-state index in [1.165, 1.54) is 0 Å². The highest BCUT2D eigenvalue weighted by Crippen LogP contribution is 2.26. The van der Waals surface area contributed by atoms with Crippen molar-refractivity contribution >= 4 is 11.6 Å². The summed E-state index contributed by atoms with van der Waals surface area (Å²) in [6, 6.07) is 9.07. The lowest BCUT2D eigenvalue weighted by atomic mass is 10.1. The third-order valence-electron chi connectivity index (χ3n) is 2.86.